The quantitative estimate of drug-likeness (QED) is 0.861. The van der Waals surface area contributed by atoms with Crippen LogP contribution in [0.2, 0.25) is 0 Å². The van der Waals surface area contributed by atoms with Gasteiger partial charge in [0.2, 0.25) is 0 Å². The molecule has 2 unspecified atom stereocenters. The maximum Gasteiger partial charge on any atom is 0.160 e. The maximum absolute atomic E-state index is 9.83. The highest BCUT2D eigenvalue weighted by Gasteiger charge is 2.27. The molecular weight excluding hydrogens is 238 g/mol. The van der Waals surface area contributed by atoms with Gasteiger partial charge in [0.25, 0.3) is 0 Å². The van der Waals surface area contributed by atoms with Gasteiger partial charge >= 0.3 is 0 Å². The lowest BCUT2D eigenvalue weighted by Gasteiger charge is -2.35. The minimum absolute atomic E-state index is 0.199. The van der Waals surface area contributed by atoms with E-state index in [4.69, 9.17) is 4.74 Å². The van der Waals surface area contributed by atoms with Gasteiger partial charge in [0.1, 0.15) is 0 Å². The number of rotatable bonds is 4. The van der Waals surface area contributed by atoms with E-state index >= 15 is 0 Å². The fraction of sp³-hybridized carbons (Fsp3) is 0.625. The van der Waals surface area contributed by atoms with Gasteiger partial charge in [-0.2, -0.15) is 0 Å². The molecule has 19 heavy (non-hydrogen) atoms. The summed E-state index contributed by atoms with van der Waals surface area (Å²) >= 11 is 0. The molecule has 0 aromatic heterocycles. The Morgan fingerprint density at radius 2 is 2.00 bits per heavy atom. The largest absolute Gasteiger partial charge is 0.504 e. The first-order chi connectivity index (χ1) is 9.11. The first-order valence-electron chi connectivity index (χ1n) is 7.25. The molecular formula is C16H25NO2. The zero-order chi connectivity index (χ0) is 13.8. The Morgan fingerprint density at radius 3 is 2.63 bits per heavy atom. The monoisotopic (exact) mass is 263 g/mol. The van der Waals surface area contributed by atoms with Gasteiger partial charge in [0.15, 0.2) is 11.5 Å². The van der Waals surface area contributed by atoms with Crippen LogP contribution in [0.5, 0.6) is 11.5 Å². The molecule has 1 aromatic rings. The van der Waals surface area contributed by atoms with E-state index in [1.807, 2.05) is 12.1 Å². The fourth-order valence-corrected chi connectivity index (χ4v) is 3.13. The molecule has 0 radical (unpaired) electrons. The summed E-state index contributed by atoms with van der Waals surface area (Å²) in [6.45, 7) is 4.60. The van der Waals surface area contributed by atoms with E-state index in [2.05, 4.69) is 19.2 Å². The summed E-state index contributed by atoms with van der Waals surface area (Å²) < 4.78 is 5.07. The lowest BCUT2D eigenvalue weighted by atomic mass is 9.78. The molecule has 1 aromatic carbocycles. The van der Waals surface area contributed by atoms with Crippen LogP contribution in [0.4, 0.5) is 5.69 Å². The molecule has 106 valence electrons. The van der Waals surface area contributed by atoms with Crippen molar-refractivity contribution in [2.45, 2.75) is 45.6 Å². The van der Waals surface area contributed by atoms with Crippen LogP contribution in [0, 0.1) is 11.8 Å². The third-order valence-electron chi connectivity index (χ3n) is 4.21. The van der Waals surface area contributed by atoms with Gasteiger partial charge in [-0.1, -0.05) is 26.7 Å². The molecule has 2 rings (SSSR count). The van der Waals surface area contributed by atoms with E-state index in [1.165, 1.54) is 25.7 Å². The Hall–Kier alpha value is -1.38. The third kappa shape index (κ3) is 3.34. The van der Waals surface area contributed by atoms with Crippen molar-refractivity contribution in [1.82, 2.24) is 0 Å². The molecule has 3 nitrogen and oxygen atoms in total. The van der Waals surface area contributed by atoms with Gasteiger partial charge in [-0.3, -0.25) is 0 Å². The minimum Gasteiger partial charge on any atom is -0.504 e. The highest BCUT2D eigenvalue weighted by molar-refractivity contribution is 5.54. The number of benzene rings is 1. The number of hydrogen-bond donors (Lipinski definition) is 2. The highest BCUT2D eigenvalue weighted by Crippen LogP contribution is 2.34. The van der Waals surface area contributed by atoms with Crippen LogP contribution in [-0.4, -0.2) is 18.3 Å². The Kier molecular flexibility index (Phi) is 4.56. The first-order valence-corrected chi connectivity index (χ1v) is 7.25. The second-order valence-electron chi connectivity index (χ2n) is 5.83. The number of phenols is 1. The maximum atomic E-state index is 9.83. The molecule has 0 heterocycles. The molecule has 0 amide bonds. The Bertz CT molecular complexity index is 417. The number of anilines is 1. The standard InChI is InChI=1S/C16H25NO2/c1-11(2)13-6-4-5-7-14(13)17-12-8-9-16(19-3)15(18)10-12/h8-11,13-14,17-18H,4-7H2,1-3H3. The summed E-state index contributed by atoms with van der Waals surface area (Å²) in [6.07, 6.45) is 5.16. The second-order valence-corrected chi connectivity index (χ2v) is 5.83. The van der Waals surface area contributed by atoms with Crippen molar-refractivity contribution >= 4 is 5.69 Å². The van der Waals surface area contributed by atoms with E-state index in [-0.39, 0.29) is 5.75 Å². The molecule has 0 saturated heterocycles. The number of hydrogen-bond acceptors (Lipinski definition) is 3. The smallest absolute Gasteiger partial charge is 0.160 e. The van der Waals surface area contributed by atoms with E-state index in [0.717, 1.165) is 11.6 Å². The number of nitrogens with one attached hydrogen (secondary N) is 1. The predicted octanol–water partition coefficient (Wildman–Crippen LogP) is 4.03. The lowest BCUT2D eigenvalue weighted by Crippen LogP contribution is -2.35. The van der Waals surface area contributed by atoms with Gasteiger partial charge < -0.3 is 15.2 Å². The second kappa shape index (κ2) is 6.18. The van der Waals surface area contributed by atoms with Crippen molar-refractivity contribution in [3.63, 3.8) is 0 Å². The molecule has 3 heteroatoms. The number of aromatic hydroxyl groups is 1. The van der Waals surface area contributed by atoms with Crippen molar-refractivity contribution in [2.75, 3.05) is 12.4 Å². The van der Waals surface area contributed by atoms with E-state index in [9.17, 15) is 5.11 Å². The van der Waals surface area contributed by atoms with Gasteiger partial charge in [-0.15, -0.1) is 0 Å². The van der Waals surface area contributed by atoms with Crippen LogP contribution in [0.3, 0.4) is 0 Å². The average molecular weight is 263 g/mol. The van der Waals surface area contributed by atoms with E-state index in [0.29, 0.717) is 17.7 Å². The normalized spacial score (nSPS) is 23.4. The molecule has 1 saturated carbocycles. The summed E-state index contributed by atoms with van der Waals surface area (Å²) in [5, 5.41) is 13.4. The van der Waals surface area contributed by atoms with Crippen LogP contribution in [0.15, 0.2) is 18.2 Å². The van der Waals surface area contributed by atoms with Crippen LogP contribution in [0.25, 0.3) is 0 Å². The van der Waals surface area contributed by atoms with Gasteiger partial charge in [-0.05, 0) is 36.8 Å². The average Bonchev–Trinajstić information content (AvgIpc) is 2.39. The molecule has 1 aliphatic rings. The van der Waals surface area contributed by atoms with Crippen LogP contribution in [0.1, 0.15) is 39.5 Å². The van der Waals surface area contributed by atoms with Gasteiger partial charge in [0, 0.05) is 17.8 Å². The molecule has 2 N–H and O–H groups in total. The van der Waals surface area contributed by atoms with Crippen molar-refractivity contribution in [3.8, 4) is 11.5 Å². The predicted molar refractivity (Wildman–Crippen MR) is 78.9 cm³/mol. The van der Waals surface area contributed by atoms with E-state index < -0.39 is 0 Å². The summed E-state index contributed by atoms with van der Waals surface area (Å²) in [7, 11) is 1.57. The Balaban J connectivity index is 2.08. The van der Waals surface area contributed by atoms with Crippen molar-refractivity contribution < 1.29 is 9.84 Å². The summed E-state index contributed by atoms with van der Waals surface area (Å²) in [5.74, 6) is 2.14. The Morgan fingerprint density at radius 1 is 1.26 bits per heavy atom. The molecule has 1 aliphatic carbocycles. The molecule has 0 aliphatic heterocycles. The van der Waals surface area contributed by atoms with Crippen LogP contribution in [-0.2, 0) is 0 Å². The lowest BCUT2D eigenvalue weighted by molar-refractivity contribution is 0.254. The first kappa shape index (κ1) is 14.0. The number of methoxy groups -OCH3 is 1. The summed E-state index contributed by atoms with van der Waals surface area (Å²) in [6, 6.07) is 6.06. The van der Waals surface area contributed by atoms with Crippen LogP contribution < -0.4 is 10.1 Å². The topological polar surface area (TPSA) is 41.5 Å². The third-order valence-corrected chi connectivity index (χ3v) is 4.21. The van der Waals surface area contributed by atoms with Crippen molar-refractivity contribution in [2.24, 2.45) is 11.8 Å². The molecule has 0 spiro atoms. The number of ether oxygens (including phenoxy) is 1. The van der Waals surface area contributed by atoms with Gasteiger partial charge in [-0.25, -0.2) is 0 Å². The summed E-state index contributed by atoms with van der Waals surface area (Å²) in [5.41, 5.74) is 0.982. The SMILES string of the molecule is COc1ccc(NC2CCCCC2C(C)C)cc1O. The van der Waals surface area contributed by atoms with Crippen molar-refractivity contribution in [3.05, 3.63) is 18.2 Å². The fourth-order valence-electron chi connectivity index (χ4n) is 3.13. The van der Waals surface area contributed by atoms with Gasteiger partial charge in [0.05, 0.1) is 7.11 Å². The van der Waals surface area contributed by atoms with Crippen molar-refractivity contribution in [1.29, 1.82) is 0 Å². The zero-order valence-electron chi connectivity index (χ0n) is 12.1. The Labute approximate surface area is 116 Å². The summed E-state index contributed by atoms with van der Waals surface area (Å²) in [4.78, 5) is 0. The molecule has 2 atom stereocenters. The zero-order valence-corrected chi connectivity index (χ0v) is 12.1. The molecule has 1 fully saturated rings. The molecule has 0 bridgehead atoms. The number of phenolic OH excluding ortho intramolecular Hbond substituents is 1. The van der Waals surface area contributed by atoms with E-state index in [1.54, 1.807) is 13.2 Å². The van der Waals surface area contributed by atoms with Crippen LogP contribution >= 0.6 is 0 Å². The minimum atomic E-state index is 0.199. The highest BCUT2D eigenvalue weighted by atomic mass is 16.5.